The molecule has 150 valence electrons. The summed E-state index contributed by atoms with van der Waals surface area (Å²) in [4.78, 5) is 24.8. The lowest BCUT2D eigenvalue weighted by atomic mass is 10.1. The van der Waals surface area contributed by atoms with E-state index < -0.39 is 0 Å². The number of ether oxygens (including phenoxy) is 2. The van der Waals surface area contributed by atoms with Gasteiger partial charge in [0.1, 0.15) is 17.1 Å². The summed E-state index contributed by atoms with van der Waals surface area (Å²) in [5.41, 5.74) is 1.40. The van der Waals surface area contributed by atoms with Crippen LogP contribution in [-0.4, -0.2) is 45.2 Å². The van der Waals surface area contributed by atoms with Crippen molar-refractivity contribution >= 4 is 17.5 Å². The highest BCUT2D eigenvalue weighted by Crippen LogP contribution is 2.29. The Balaban J connectivity index is 2.01. The number of hydrogen-bond acceptors (Lipinski definition) is 5. The fourth-order valence-corrected chi connectivity index (χ4v) is 2.61. The second-order valence-corrected chi connectivity index (χ2v) is 6.43. The van der Waals surface area contributed by atoms with Gasteiger partial charge in [-0.25, -0.2) is 0 Å². The number of hydrogen-bond donors (Lipinski definition) is 3. The van der Waals surface area contributed by atoms with Crippen LogP contribution in [0, 0.1) is 0 Å². The molecule has 2 amide bonds. The Morgan fingerprint density at radius 3 is 2.04 bits per heavy atom. The molecule has 0 saturated carbocycles. The lowest BCUT2D eigenvalue weighted by Crippen LogP contribution is -2.34. The van der Waals surface area contributed by atoms with E-state index in [4.69, 9.17) is 9.47 Å². The number of carbonyl (C=O) groups is 2. The number of benzene rings is 2. The van der Waals surface area contributed by atoms with Gasteiger partial charge >= 0.3 is 0 Å². The summed E-state index contributed by atoms with van der Waals surface area (Å²) in [6.07, 6.45) is 0. The number of nitrogens with one attached hydrogen (secondary N) is 3. The third kappa shape index (κ3) is 5.72. The molecule has 0 fully saturated rings. The molecule has 7 nitrogen and oxygen atoms in total. The molecule has 0 saturated heterocycles. The summed E-state index contributed by atoms with van der Waals surface area (Å²) in [7, 11) is 2.99. The second kappa shape index (κ2) is 10.3. The van der Waals surface area contributed by atoms with E-state index in [1.54, 1.807) is 42.5 Å². The van der Waals surface area contributed by atoms with E-state index in [0.29, 0.717) is 47.4 Å². The highest BCUT2D eigenvalue weighted by molar-refractivity contribution is 6.08. The molecule has 0 radical (unpaired) electrons. The minimum absolute atomic E-state index is 0.158. The average molecular weight is 385 g/mol. The molecule has 0 aliphatic rings. The van der Waals surface area contributed by atoms with Gasteiger partial charge in [0, 0.05) is 30.4 Å². The van der Waals surface area contributed by atoms with E-state index in [9.17, 15) is 9.59 Å². The summed E-state index contributed by atoms with van der Waals surface area (Å²) >= 11 is 0. The monoisotopic (exact) mass is 385 g/mol. The van der Waals surface area contributed by atoms with Crippen LogP contribution in [0.5, 0.6) is 11.5 Å². The lowest BCUT2D eigenvalue weighted by molar-refractivity contribution is 0.0953. The quantitative estimate of drug-likeness (QED) is 0.578. The maximum absolute atomic E-state index is 12.7. The zero-order valence-electron chi connectivity index (χ0n) is 16.7. The predicted octanol–water partition coefficient (Wildman–Crippen LogP) is 2.68. The van der Waals surface area contributed by atoms with Gasteiger partial charge in [-0.3, -0.25) is 9.59 Å². The third-order valence-electron chi connectivity index (χ3n) is 4.02. The van der Waals surface area contributed by atoms with E-state index in [1.807, 2.05) is 0 Å². The fourth-order valence-electron chi connectivity index (χ4n) is 2.61. The van der Waals surface area contributed by atoms with Crippen molar-refractivity contribution in [2.45, 2.75) is 19.9 Å². The van der Waals surface area contributed by atoms with Crippen LogP contribution < -0.4 is 25.4 Å². The van der Waals surface area contributed by atoms with Crippen molar-refractivity contribution in [3.05, 3.63) is 53.6 Å². The van der Waals surface area contributed by atoms with Crippen LogP contribution in [0.15, 0.2) is 42.5 Å². The zero-order valence-corrected chi connectivity index (χ0v) is 16.7. The van der Waals surface area contributed by atoms with E-state index in [1.165, 1.54) is 14.2 Å². The Kier molecular flexibility index (Phi) is 7.83. The molecule has 0 aliphatic heterocycles. The first-order valence-corrected chi connectivity index (χ1v) is 9.10. The third-order valence-corrected chi connectivity index (χ3v) is 4.02. The highest BCUT2D eigenvalue weighted by atomic mass is 16.5. The van der Waals surface area contributed by atoms with E-state index >= 15 is 0 Å². The molecule has 0 atom stereocenters. The van der Waals surface area contributed by atoms with E-state index in [-0.39, 0.29) is 11.8 Å². The summed E-state index contributed by atoms with van der Waals surface area (Å²) in [5.74, 6) is 0.326. The van der Waals surface area contributed by atoms with Crippen molar-refractivity contribution in [1.29, 1.82) is 0 Å². The Morgan fingerprint density at radius 2 is 1.50 bits per heavy atom. The molecule has 2 aromatic rings. The van der Waals surface area contributed by atoms with Gasteiger partial charge < -0.3 is 25.4 Å². The fraction of sp³-hybridized carbons (Fsp3) is 0.333. The molecule has 0 bridgehead atoms. The molecule has 2 aromatic carbocycles. The molecular weight excluding hydrogens is 358 g/mol. The van der Waals surface area contributed by atoms with Crippen LogP contribution in [0.4, 0.5) is 5.69 Å². The zero-order chi connectivity index (χ0) is 20.5. The number of anilines is 1. The number of carbonyl (C=O) groups excluding carboxylic acids is 2. The van der Waals surface area contributed by atoms with E-state index in [2.05, 4.69) is 29.8 Å². The standard InChI is InChI=1S/C21H27N3O4/c1-14(2)22-12-13-23-20(25)15-8-10-16(11-9-15)24-21(26)19-17(27-3)6-5-7-18(19)28-4/h5-11,14,22H,12-13H2,1-4H3,(H,23,25)(H,24,26). The maximum atomic E-state index is 12.7. The van der Waals surface area contributed by atoms with Crippen molar-refractivity contribution in [3.63, 3.8) is 0 Å². The van der Waals surface area contributed by atoms with Gasteiger partial charge in [-0.05, 0) is 36.4 Å². The van der Waals surface area contributed by atoms with Gasteiger partial charge in [0.05, 0.1) is 14.2 Å². The largest absolute Gasteiger partial charge is 0.496 e. The van der Waals surface area contributed by atoms with Crippen LogP contribution in [0.25, 0.3) is 0 Å². The molecule has 7 heteroatoms. The lowest BCUT2D eigenvalue weighted by Gasteiger charge is -2.13. The first kappa shape index (κ1) is 21.2. The van der Waals surface area contributed by atoms with Gasteiger partial charge in [-0.2, -0.15) is 0 Å². The molecule has 0 aliphatic carbocycles. The van der Waals surface area contributed by atoms with Crippen LogP contribution >= 0.6 is 0 Å². The van der Waals surface area contributed by atoms with E-state index in [0.717, 1.165) is 0 Å². The first-order valence-electron chi connectivity index (χ1n) is 9.10. The van der Waals surface area contributed by atoms with Crippen molar-refractivity contribution in [1.82, 2.24) is 10.6 Å². The van der Waals surface area contributed by atoms with Gasteiger partial charge in [-0.15, -0.1) is 0 Å². The Bertz CT molecular complexity index is 782. The Hall–Kier alpha value is -3.06. The molecule has 0 aromatic heterocycles. The molecular formula is C21H27N3O4. The van der Waals surface area contributed by atoms with Crippen LogP contribution in [0.2, 0.25) is 0 Å². The molecule has 2 rings (SSSR count). The summed E-state index contributed by atoms with van der Waals surface area (Å²) < 4.78 is 10.5. The molecule has 0 spiro atoms. The van der Waals surface area contributed by atoms with Crippen molar-refractivity contribution in [2.24, 2.45) is 0 Å². The maximum Gasteiger partial charge on any atom is 0.263 e. The Morgan fingerprint density at radius 1 is 0.893 bits per heavy atom. The SMILES string of the molecule is COc1cccc(OC)c1C(=O)Nc1ccc(C(=O)NCCNC(C)C)cc1. The number of amides is 2. The van der Waals surface area contributed by atoms with Crippen molar-refractivity contribution in [3.8, 4) is 11.5 Å². The summed E-state index contributed by atoms with van der Waals surface area (Å²) in [6.45, 7) is 5.35. The molecule has 0 unspecified atom stereocenters. The van der Waals surface area contributed by atoms with Gasteiger partial charge in [0.15, 0.2) is 0 Å². The summed E-state index contributed by atoms with van der Waals surface area (Å²) in [5, 5.41) is 8.88. The summed E-state index contributed by atoms with van der Waals surface area (Å²) in [6, 6.07) is 12.2. The molecule has 0 heterocycles. The Labute approximate surface area is 165 Å². The normalized spacial score (nSPS) is 10.5. The van der Waals surface area contributed by atoms with Gasteiger partial charge in [0.2, 0.25) is 0 Å². The minimum atomic E-state index is -0.355. The second-order valence-electron chi connectivity index (χ2n) is 6.43. The smallest absolute Gasteiger partial charge is 0.263 e. The van der Waals surface area contributed by atoms with Crippen LogP contribution in [0.3, 0.4) is 0 Å². The van der Waals surface area contributed by atoms with Gasteiger partial charge in [-0.1, -0.05) is 19.9 Å². The highest BCUT2D eigenvalue weighted by Gasteiger charge is 2.18. The topological polar surface area (TPSA) is 88.7 Å². The van der Waals surface area contributed by atoms with Crippen molar-refractivity contribution in [2.75, 3.05) is 32.6 Å². The minimum Gasteiger partial charge on any atom is -0.496 e. The van der Waals surface area contributed by atoms with Crippen LogP contribution in [0.1, 0.15) is 34.6 Å². The van der Waals surface area contributed by atoms with Crippen molar-refractivity contribution < 1.29 is 19.1 Å². The average Bonchev–Trinajstić information content (AvgIpc) is 2.70. The molecule has 3 N–H and O–H groups in total. The predicted molar refractivity (Wildman–Crippen MR) is 109 cm³/mol. The molecule has 28 heavy (non-hydrogen) atoms. The first-order chi connectivity index (χ1) is 13.5. The van der Waals surface area contributed by atoms with Gasteiger partial charge in [0.25, 0.3) is 11.8 Å². The number of rotatable bonds is 9. The van der Waals surface area contributed by atoms with Crippen LogP contribution in [-0.2, 0) is 0 Å². The number of methoxy groups -OCH3 is 2.